The van der Waals surface area contributed by atoms with Gasteiger partial charge in [0, 0.05) is 13.1 Å². The lowest BCUT2D eigenvalue weighted by atomic mass is 10.2. The number of benzene rings is 1. The van der Waals surface area contributed by atoms with Crippen LogP contribution >= 0.6 is 0 Å². The molecule has 1 aromatic rings. The maximum absolute atomic E-state index is 11.8. The summed E-state index contributed by atoms with van der Waals surface area (Å²) in [6.07, 6.45) is 0. The van der Waals surface area contributed by atoms with Crippen molar-refractivity contribution in [3.8, 4) is 0 Å². The molecule has 0 unspecified atom stereocenters. The summed E-state index contributed by atoms with van der Waals surface area (Å²) >= 11 is 0. The van der Waals surface area contributed by atoms with E-state index in [0.717, 1.165) is 5.56 Å². The Balaban J connectivity index is 0.00000137. The fourth-order valence-corrected chi connectivity index (χ4v) is 2.23. The summed E-state index contributed by atoms with van der Waals surface area (Å²) in [7, 11) is 0.457. The monoisotopic (exact) mass is 272 g/mol. The lowest BCUT2D eigenvalue weighted by molar-refractivity contribution is 0.412. The zero-order chi connectivity index (χ0) is 14.2. The standard InChI is InChI=1S/C11H18N2O2S.C2H6/c1-10-4-6-11(7-5-10)16(14,15)12-8-9-13(2)3;1-2/h4-7,12H,8-9H2,1-3H3;1-2H3. The van der Waals surface area contributed by atoms with E-state index in [1.807, 2.05) is 39.8 Å². The highest BCUT2D eigenvalue weighted by Gasteiger charge is 2.12. The first-order chi connectivity index (χ1) is 8.42. The minimum atomic E-state index is -3.35. The summed E-state index contributed by atoms with van der Waals surface area (Å²) in [5, 5.41) is 0. The van der Waals surface area contributed by atoms with Crippen molar-refractivity contribution >= 4 is 10.0 Å². The van der Waals surface area contributed by atoms with Crippen molar-refractivity contribution in [2.24, 2.45) is 0 Å². The van der Waals surface area contributed by atoms with Crippen LogP contribution in [-0.2, 0) is 10.0 Å². The van der Waals surface area contributed by atoms with Crippen LogP contribution in [0.3, 0.4) is 0 Å². The van der Waals surface area contributed by atoms with Crippen LogP contribution in [0.25, 0.3) is 0 Å². The highest BCUT2D eigenvalue weighted by molar-refractivity contribution is 7.89. The summed E-state index contributed by atoms with van der Waals surface area (Å²) in [5.74, 6) is 0. The van der Waals surface area contributed by atoms with E-state index in [0.29, 0.717) is 18.0 Å². The van der Waals surface area contributed by atoms with Gasteiger partial charge < -0.3 is 4.90 Å². The van der Waals surface area contributed by atoms with Gasteiger partial charge in [0.05, 0.1) is 4.90 Å². The van der Waals surface area contributed by atoms with E-state index in [9.17, 15) is 8.42 Å². The Morgan fingerprint density at radius 1 is 1.11 bits per heavy atom. The quantitative estimate of drug-likeness (QED) is 0.890. The van der Waals surface area contributed by atoms with Crippen LogP contribution in [0, 0.1) is 6.92 Å². The van der Waals surface area contributed by atoms with Crippen LogP contribution in [0.5, 0.6) is 0 Å². The van der Waals surface area contributed by atoms with Crippen molar-refractivity contribution in [1.29, 1.82) is 0 Å². The molecule has 0 amide bonds. The van der Waals surface area contributed by atoms with Gasteiger partial charge in [0.2, 0.25) is 10.0 Å². The van der Waals surface area contributed by atoms with Crippen molar-refractivity contribution < 1.29 is 8.42 Å². The van der Waals surface area contributed by atoms with Gasteiger partial charge in [-0.15, -0.1) is 0 Å². The molecule has 0 aliphatic carbocycles. The van der Waals surface area contributed by atoms with Crippen molar-refractivity contribution in [3.63, 3.8) is 0 Å². The van der Waals surface area contributed by atoms with E-state index in [-0.39, 0.29) is 0 Å². The normalized spacial score (nSPS) is 11.0. The largest absolute Gasteiger partial charge is 0.308 e. The Labute approximate surface area is 111 Å². The maximum Gasteiger partial charge on any atom is 0.240 e. The lowest BCUT2D eigenvalue weighted by Gasteiger charge is -2.11. The molecule has 4 nitrogen and oxygen atoms in total. The first-order valence-electron chi connectivity index (χ1n) is 6.13. The molecule has 1 aromatic carbocycles. The number of likely N-dealkylation sites (N-methyl/N-ethyl adjacent to an activating group) is 1. The van der Waals surface area contributed by atoms with Gasteiger partial charge in [-0.1, -0.05) is 31.5 Å². The first-order valence-corrected chi connectivity index (χ1v) is 7.61. The molecule has 0 atom stereocenters. The third-order valence-corrected chi connectivity index (χ3v) is 3.66. The minimum Gasteiger partial charge on any atom is -0.308 e. The van der Waals surface area contributed by atoms with Gasteiger partial charge in [-0.3, -0.25) is 0 Å². The van der Waals surface area contributed by atoms with Crippen LogP contribution in [0.2, 0.25) is 0 Å². The number of aryl methyl sites for hydroxylation is 1. The number of nitrogens with zero attached hydrogens (tertiary/aromatic N) is 1. The van der Waals surface area contributed by atoms with Gasteiger partial charge in [-0.25, -0.2) is 13.1 Å². The third kappa shape index (κ3) is 6.14. The topological polar surface area (TPSA) is 49.4 Å². The highest BCUT2D eigenvalue weighted by Crippen LogP contribution is 2.09. The van der Waals surface area contributed by atoms with Crippen molar-refractivity contribution in [2.75, 3.05) is 27.2 Å². The number of rotatable bonds is 5. The second-order valence-electron chi connectivity index (χ2n) is 4.01. The van der Waals surface area contributed by atoms with E-state index in [4.69, 9.17) is 0 Å². The number of nitrogens with one attached hydrogen (secondary N) is 1. The molecule has 1 rings (SSSR count). The van der Waals surface area contributed by atoms with Gasteiger partial charge in [0.25, 0.3) is 0 Å². The Hall–Kier alpha value is -0.910. The molecule has 104 valence electrons. The second-order valence-corrected chi connectivity index (χ2v) is 5.78. The predicted molar refractivity (Wildman–Crippen MR) is 76.3 cm³/mol. The molecule has 0 spiro atoms. The van der Waals surface area contributed by atoms with Crippen molar-refractivity contribution in [3.05, 3.63) is 29.8 Å². The SMILES string of the molecule is CC.Cc1ccc(S(=O)(=O)NCCN(C)C)cc1. The van der Waals surface area contributed by atoms with Crippen molar-refractivity contribution in [1.82, 2.24) is 9.62 Å². The maximum atomic E-state index is 11.8. The summed E-state index contributed by atoms with van der Waals surface area (Å²) in [5.41, 5.74) is 1.05. The Kier molecular flexibility index (Phi) is 7.82. The molecule has 1 N–H and O–H groups in total. The first kappa shape index (κ1) is 17.1. The third-order valence-electron chi connectivity index (χ3n) is 2.18. The molecular formula is C13H24N2O2S. The van der Waals surface area contributed by atoms with Gasteiger partial charge in [0.15, 0.2) is 0 Å². The van der Waals surface area contributed by atoms with Gasteiger partial charge in [-0.05, 0) is 33.2 Å². The molecule has 5 heteroatoms. The molecule has 0 aliphatic rings. The molecule has 0 saturated heterocycles. The van der Waals surface area contributed by atoms with E-state index in [1.54, 1.807) is 24.3 Å². The van der Waals surface area contributed by atoms with Crippen molar-refractivity contribution in [2.45, 2.75) is 25.7 Å². The summed E-state index contributed by atoms with van der Waals surface area (Å²) < 4.78 is 26.1. The Bertz CT molecular complexity index is 425. The fourth-order valence-electron chi connectivity index (χ4n) is 1.20. The zero-order valence-corrected chi connectivity index (χ0v) is 12.7. The highest BCUT2D eigenvalue weighted by atomic mass is 32.2. The number of sulfonamides is 1. The van der Waals surface area contributed by atoms with Crippen LogP contribution in [-0.4, -0.2) is 40.5 Å². The average Bonchev–Trinajstić information content (AvgIpc) is 2.31. The summed E-state index contributed by atoms with van der Waals surface area (Å²) in [4.78, 5) is 2.24. The summed E-state index contributed by atoms with van der Waals surface area (Å²) in [6, 6.07) is 6.82. The number of hydrogen-bond donors (Lipinski definition) is 1. The molecule has 0 radical (unpaired) electrons. The van der Waals surface area contributed by atoms with Crippen LogP contribution < -0.4 is 4.72 Å². The molecule has 0 aliphatic heterocycles. The molecule has 18 heavy (non-hydrogen) atoms. The van der Waals surface area contributed by atoms with Gasteiger partial charge in [-0.2, -0.15) is 0 Å². The molecule has 0 saturated carbocycles. The van der Waals surface area contributed by atoms with E-state index in [1.165, 1.54) is 0 Å². The van der Waals surface area contributed by atoms with E-state index in [2.05, 4.69) is 4.72 Å². The van der Waals surface area contributed by atoms with Crippen LogP contribution in [0.1, 0.15) is 19.4 Å². The predicted octanol–water partition coefficient (Wildman–Crippen LogP) is 1.86. The fraction of sp³-hybridized carbons (Fsp3) is 0.538. The zero-order valence-electron chi connectivity index (χ0n) is 11.9. The van der Waals surface area contributed by atoms with Crippen LogP contribution in [0.4, 0.5) is 0 Å². The molecule has 0 heterocycles. The minimum absolute atomic E-state index is 0.317. The second kappa shape index (κ2) is 8.24. The van der Waals surface area contributed by atoms with E-state index < -0.39 is 10.0 Å². The molecule has 0 aromatic heterocycles. The lowest BCUT2D eigenvalue weighted by Crippen LogP contribution is -2.31. The summed E-state index contributed by atoms with van der Waals surface area (Å²) in [6.45, 7) is 7.03. The average molecular weight is 272 g/mol. The number of hydrogen-bond acceptors (Lipinski definition) is 3. The molecule has 0 bridgehead atoms. The van der Waals surface area contributed by atoms with Crippen LogP contribution in [0.15, 0.2) is 29.2 Å². The van der Waals surface area contributed by atoms with Gasteiger partial charge >= 0.3 is 0 Å². The van der Waals surface area contributed by atoms with Gasteiger partial charge in [0.1, 0.15) is 0 Å². The smallest absolute Gasteiger partial charge is 0.240 e. The van der Waals surface area contributed by atoms with E-state index >= 15 is 0 Å². The molecule has 0 fully saturated rings. The molecular weight excluding hydrogens is 248 g/mol. The Morgan fingerprint density at radius 2 is 1.61 bits per heavy atom. The Morgan fingerprint density at radius 3 is 2.06 bits per heavy atom.